The number of anilines is 1. The number of carbonyl (C=O) groups excluding carboxylic acids is 1. The molecule has 3 aromatic rings. The van der Waals surface area contributed by atoms with Gasteiger partial charge in [0, 0.05) is 18.2 Å². The summed E-state index contributed by atoms with van der Waals surface area (Å²) in [4.78, 5) is 15.9. The lowest BCUT2D eigenvalue weighted by Gasteiger charge is -2.04. The Balaban J connectivity index is 1.98. The average molecular weight is 312 g/mol. The van der Waals surface area contributed by atoms with E-state index in [2.05, 4.69) is 15.0 Å². The summed E-state index contributed by atoms with van der Waals surface area (Å²) in [6, 6.07) is 10.1. The first-order valence-electron chi connectivity index (χ1n) is 7.18. The van der Waals surface area contributed by atoms with E-state index in [1.165, 1.54) is 13.2 Å². The Kier molecular flexibility index (Phi) is 3.89. The highest BCUT2D eigenvalue weighted by atomic mass is 16.5. The minimum absolute atomic E-state index is 0.114. The quantitative estimate of drug-likeness (QED) is 0.567. The molecule has 3 rings (SSSR count). The van der Waals surface area contributed by atoms with E-state index in [9.17, 15) is 9.90 Å². The van der Waals surface area contributed by atoms with E-state index in [1.54, 1.807) is 30.3 Å². The van der Waals surface area contributed by atoms with Gasteiger partial charge in [-0.1, -0.05) is 0 Å². The van der Waals surface area contributed by atoms with Crippen LogP contribution in [0.15, 0.2) is 40.8 Å². The van der Waals surface area contributed by atoms with Crippen molar-refractivity contribution < 1.29 is 19.1 Å². The third-order valence-corrected chi connectivity index (χ3v) is 3.43. The number of phenolic OH excluding ortho intramolecular Hbond substituents is 1. The van der Waals surface area contributed by atoms with E-state index >= 15 is 0 Å². The molecule has 2 aromatic carbocycles. The van der Waals surface area contributed by atoms with Crippen LogP contribution in [0.5, 0.6) is 5.75 Å². The predicted octanol–water partition coefficient (Wildman–Crippen LogP) is 3.42. The van der Waals surface area contributed by atoms with Gasteiger partial charge in [0.2, 0.25) is 5.89 Å². The van der Waals surface area contributed by atoms with Crippen LogP contribution in [0.4, 0.5) is 5.69 Å². The predicted molar refractivity (Wildman–Crippen MR) is 86.6 cm³/mol. The zero-order chi connectivity index (χ0) is 16.4. The van der Waals surface area contributed by atoms with Crippen molar-refractivity contribution in [2.24, 2.45) is 0 Å². The van der Waals surface area contributed by atoms with Crippen LogP contribution in [0, 0.1) is 0 Å². The molecule has 0 atom stereocenters. The highest BCUT2D eigenvalue weighted by molar-refractivity contribution is 5.90. The second-order valence-corrected chi connectivity index (χ2v) is 4.96. The average Bonchev–Trinajstić information content (AvgIpc) is 2.97. The first-order valence-corrected chi connectivity index (χ1v) is 7.18. The maximum atomic E-state index is 11.4. The molecule has 0 aliphatic rings. The van der Waals surface area contributed by atoms with Crippen LogP contribution in [-0.2, 0) is 4.74 Å². The van der Waals surface area contributed by atoms with Crippen LogP contribution in [0.2, 0.25) is 0 Å². The summed E-state index contributed by atoms with van der Waals surface area (Å²) in [5.41, 5.74) is 2.95. The zero-order valence-corrected chi connectivity index (χ0v) is 12.8. The lowest BCUT2D eigenvalue weighted by molar-refractivity contribution is 0.0600. The number of nitrogens with zero attached hydrogens (tertiary/aromatic N) is 1. The van der Waals surface area contributed by atoms with E-state index in [-0.39, 0.29) is 5.75 Å². The fourth-order valence-corrected chi connectivity index (χ4v) is 2.29. The van der Waals surface area contributed by atoms with Gasteiger partial charge in [-0.15, -0.1) is 0 Å². The minimum Gasteiger partial charge on any atom is -0.506 e. The molecule has 0 unspecified atom stereocenters. The molecule has 23 heavy (non-hydrogen) atoms. The van der Waals surface area contributed by atoms with Crippen LogP contribution in [0.1, 0.15) is 17.3 Å². The monoisotopic (exact) mass is 312 g/mol. The lowest BCUT2D eigenvalue weighted by atomic mass is 10.1. The maximum Gasteiger partial charge on any atom is 0.337 e. The summed E-state index contributed by atoms with van der Waals surface area (Å²) in [6.45, 7) is 2.64. The molecule has 0 fully saturated rings. The minimum atomic E-state index is -0.394. The van der Waals surface area contributed by atoms with Crippen LogP contribution < -0.4 is 5.32 Å². The van der Waals surface area contributed by atoms with Gasteiger partial charge in [-0.25, -0.2) is 9.78 Å². The number of hydrogen-bond acceptors (Lipinski definition) is 6. The molecular weight excluding hydrogens is 296 g/mol. The first-order chi connectivity index (χ1) is 11.1. The van der Waals surface area contributed by atoms with E-state index in [4.69, 9.17) is 4.42 Å². The number of rotatable bonds is 4. The second kappa shape index (κ2) is 6.00. The number of benzene rings is 2. The van der Waals surface area contributed by atoms with Crippen LogP contribution in [-0.4, -0.2) is 29.7 Å². The smallest absolute Gasteiger partial charge is 0.337 e. The molecule has 0 saturated heterocycles. The van der Waals surface area contributed by atoms with Crippen molar-refractivity contribution in [1.82, 2.24) is 4.98 Å². The Hall–Kier alpha value is -3.02. The number of oxazole rings is 1. The molecule has 2 N–H and O–H groups in total. The van der Waals surface area contributed by atoms with Gasteiger partial charge in [0.05, 0.1) is 18.4 Å². The largest absolute Gasteiger partial charge is 0.506 e. The molecule has 6 nitrogen and oxygen atoms in total. The fourth-order valence-electron chi connectivity index (χ4n) is 2.29. The van der Waals surface area contributed by atoms with E-state index in [0.29, 0.717) is 34.8 Å². The number of methoxy groups -OCH3 is 1. The summed E-state index contributed by atoms with van der Waals surface area (Å²) < 4.78 is 10.3. The van der Waals surface area contributed by atoms with E-state index in [0.717, 1.165) is 5.56 Å². The van der Waals surface area contributed by atoms with Gasteiger partial charge >= 0.3 is 5.97 Å². The fraction of sp³-hybridized carbons (Fsp3) is 0.176. The Morgan fingerprint density at radius 3 is 2.70 bits per heavy atom. The van der Waals surface area contributed by atoms with Crippen molar-refractivity contribution in [3.05, 3.63) is 42.0 Å². The first kappa shape index (κ1) is 14.9. The van der Waals surface area contributed by atoms with E-state index in [1.807, 2.05) is 6.92 Å². The number of aromatic hydroxyl groups is 1. The number of esters is 1. The van der Waals surface area contributed by atoms with Gasteiger partial charge in [-0.2, -0.15) is 0 Å². The summed E-state index contributed by atoms with van der Waals surface area (Å²) in [5, 5.41) is 13.0. The van der Waals surface area contributed by atoms with Crippen molar-refractivity contribution in [2.75, 3.05) is 19.0 Å². The summed E-state index contributed by atoms with van der Waals surface area (Å²) in [7, 11) is 1.34. The number of fused-ring (bicyclic) bond motifs is 1. The number of aromatic nitrogens is 1. The van der Waals surface area contributed by atoms with Crippen LogP contribution in [0.3, 0.4) is 0 Å². The van der Waals surface area contributed by atoms with Gasteiger partial charge in [-0.3, -0.25) is 0 Å². The third-order valence-electron chi connectivity index (χ3n) is 3.43. The molecule has 0 spiro atoms. The molecule has 1 aromatic heterocycles. The van der Waals surface area contributed by atoms with Crippen molar-refractivity contribution in [2.45, 2.75) is 6.92 Å². The van der Waals surface area contributed by atoms with Gasteiger partial charge < -0.3 is 19.6 Å². The van der Waals surface area contributed by atoms with Gasteiger partial charge in [0.15, 0.2) is 5.58 Å². The normalized spacial score (nSPS) is 10.7. The summed E-state index contributed by atoms with van der Waals surface area (Å²) in [6.07, 6.45) is 0. The SMILES string of the molecule is CCNc1cc2nc(-c3ccc(C(=O)OC)cc3)oc2cc1O. The molecule has 0 aliphatic carbocycles. The number of hydrogen-bond donors (Lipinski definition) is 2. The molecule has 0 bridgehead atoms. The van der Waals surface area contributed by atoms with Crippen molar-refractivity contribution in [3.8, 4) is 17.2 Å². The van der Waals surface area contributed by atoms with Crippen LogP contribution in [0.25, 0.3) is 22.6 Å². The Morgan fingerprint density at radius 1 is 1.30 bits per heavy atom. The van der Waals surface area contributed by atoms with E-state index < -0.39 is 5.97 Å². The lowest BCUT2D eigenvalue weighted by Crippen LogP contribution is -2.00. The van der Waals surface area contributed by atoms with Gasteiger partial charge in [-0.05, 0) is 37.3 Å². The summed E-state index contributed by atoms with van der Waals surface area (Å²) in [5.74, 6) is 0.141. The van der Waals surface area contributed by atoms with Crippen molar-refractivity contribution in [3.63, 3.8) is 0 Å². The van der Waals surface area contributed by atoms with Crippen molar-refractivity contribution >= 4 is 22.8 Å². The zero-order valence-electron chi connectivity index (χ0n) is 12.8. The Labute approximate surface area is 132 Å². The molecule has 118 valence electrons. The Bertz CT molecular complexity index is 853. The molecule has 0 saturated carbocycles. The van der Waals surface area contributed by atoms with Gasteiger partial charge in [0.1, 0.15) is 11.3 Å². The number of phenols is 1. The number of nitrogens with one attached hydrogen (secondary N) is 1. The highest BCUT2D eigenvalue weighted by Gasteiger charge is 2.12. The molecule has 0 aliphatic heterocycles. The highest BCUT2D eigenvalue weighted by Crippen LogP contribution is 2.32. The summed E-state index contributed by atoms with van der Waals surface area (Å²) >= 11 is 0. The third kappa shape index (κ3) is 2.83. The topological polar surface area (TPSA) is 84.6 Å². The molecule has 0 amide bonds. The molecule has 1 heterocycles. The number of ether oxygens (including phenoxy) is 1. The number of carbonyl (C=O) groups is 1. The molecule has 6 heteroatoms. The Morgan fingerprint density at radius 2 is 2.04 bits per heavy atom. The van der Waals surface area contributed by atoms with Gasteiger partial charge in [0.25, 0.3) is 0 Å². The standard InChI is InChI=1S/C17H16N2O4/c1-3-18-12-8-13-15(9-14(12)20)23-16(19-13)10-4-6-11(7-5-10)17(21)22-2/h4-9,18,20H,3H2,1-2H3. The molecule has 0 radical (unpaired) electrons. The maximum absolute atomic E-state index is 11.4. The second-order valence-electron chi connectivity index (χ2n) is 4.96. The molecular formula is C17H16N2O4. The van der Waals surface area contributed by atoms with Crippen LogP contribution >= 0.6 is 0 Å². The van der Waals surface area contributed by atoms with Crippen molar-refractivity contribution in [1.29, 1.82) is 0 Å².